The zero-order valence-electron chi connectivity index (χ0n) is 19.0. The van der Waals surface area contributed by atoms with Gasteiger partial charge in [-0.25, -0.2) is 0 Å². The Morgan fingerprint density at radius 3 is 2.62 bits per heavy atom. The van der Waals surface area contributed by atoms with Crippen molar-refractivity contribution in [3.8, 4) is 0 Å². The van der Waals surface area contributed by atoms with E-state index in [9.17, 15) is 14.4 Å². The number of hydrogen-bond acceptors (Lipinski definition) is 5. The standard InChI is InChI=1S/C25H33N3O4/c1-24(2)14-25(15-32-24)9-7-18(8-10-25)26-12-16-3-4-19-17(11-16)13-28(23(19)31)20-5-6-21(29)27-22(20)30/h3-4,11,18,20,26H,5-10,12-15H2,1-2H3,(H,27,29,30). The Hall–Kier alpha value is -2.25. The van der Waals surface area contributed by atoms with Gasteiger partial charge in [0.25, 0.3) is 5.91 Å². The van der Waals surface area contributed by atoms with E-state index in [1.54, 1.807) is 4.90 Å². The number of benzene rings is 1. The monoisotopic (exact) mass is 439 g/mol. The molecule has 3 heterocycles. The normalized spacial score (nSPS) is 31.8. The third kappa shape index (κ3) is 4.08. The average molecular weight is 440 g/mol. The van der Waals surface area contributed by atoms with Gasteiger partial charge in [-0.1, -0.05) is 12.1 Å². The molecule has 3 aliphatic heterocycles. The minimum absolute atomic E-state index is 0.0177. The van der Waals surface area contributed by atoms with Crippen molar-refractivity contribution < 1.29 is 19.1 Å². The highest BCUT2D eigenvalue weighted by Gasteiger charge is 2.46. The van der Waals surface area contributed by atoms with Crippen LogP contribution >= 0.6 is 0 Å². The van der Waals surface area contributed by atoms with Crippen LogP contribution in [0.3, 0.4) is 0 Å². The average Bonchev–Trinajstić information content (AvgIpc) is 3.23. The van der Waals surface area contributed by atoms with Gasteiger partial charge in [0.15, 0.2) is 0 Å². The smallest absolute Gasteiger partial charge is 0.255 e. The summed E-state index contributed by atoms with van der Waals surface area (Å²) in [5.74, 6) is -0.745. The van der Waals surface area contributed by atoms with Crippen LogP contribution in [0.15, 0.2) is 18.2 Å². The van der Waals surface area contributed by atoms with Gasteiger partial charge < -0.3 is 15.0 Å². The maximum Gasteiger partial charge on any atom is 0.255 e. The predicted octanol–water partition coefficient (Wildman–Crippen LogP) is 2.67. The molecule has 1 saturated carbocycles. The molecule has 0 radical (unpaired) electrons. The number of carbonyl (C=O) groups excluding carboxylic acids is 3. The Kier molecular flexibility index (Phi) is 5.37. The number of nitrogens with zero attached hydrogens (tertiary/aromatic N) is 1. The first kappa shape index (κ1) is 21.6. The lowest BCUT2D eigenvalue weighted by molar-refractivity contribution is -0.136. The Bertz CT molecular complexity index is 949. The van der Waals surface area contributed by atoms with Crippen LogP contribution in [0.4, 0.5) is 0 Å². The molecule has 32 heavy (non-hydrogen) atoms. The van der Waals surface area contributed by atoms with Crippen LogP contribution in [0.1, 0.15) is 80.3 Å². The number of hydrogen-bond donors (Lipinski definition) is 2. The summed E-state index contributed by atoms with van der Waals surface area (Å²) in [7, 11) is 0. The van der Waals surface area contributed by atoms with E-state index in [-0.39, 0.29) is 29.7 Å². The first-order valence-corrected chi connectivity index (χ1v) is 11.9. The zero-order chi connectivity index (χ0) is 22.5. The number of ether oxygens (including phenoxy) is 1. The fourth-order valence-corrected chi connectivity index (χ4v) is 6.11. The second-order valence-electron chi connectivity index (χ2n) is 10.8. The maximum absolute atomic E-state index is 12.8. The lowest BCUT2D eigenvalue weighted by Crippen LogP contribution is -2.52. The van der Waals surface area contributed by atoms with Gasteiger partial charge in [-0.15, -0.1) is 0 Å². The molecule has 2 saturated heterocycles. The second-order valence-corrected chi connectivity index (χ2v) is 10.8. The summed E-state index contributed by atoms with van der Waals surface area (Å²) in [5, 5.41) is 6.07. The molecule has 1 aromatic rings. The number of nitrogens with one attached hydrogen (secondary N) is 2. The quantitative estimate of drug-likeness (QED) is 0.705. The number of fused-ring (bicyclic) bond motifs is 1. The van der Waals surface area contributed by atoms with Gasteiger partial charge in [-0.3, -0.25) is 19.7 Å². The fourth-order valence-electron chi connectivity index (χ4n) is 6.11. The Balaban J connectivity index is 1.17. The summed E-state index contributed by atoms with van der Waals surface area (Å²) in [6.45, 7) is 6.50. The van der Waals surface area contributed by atoms with Crippen molar-refractivity contribution in [1.29, 1.82) is 0 Å². The molecule has 7 heteroatoms. The van der Waals surface area contributed by atoms with Crippen molar-refractivity contribution in [3.63, 3.8) is 0 Å². The highest BCUT2D eigenvalue weighted by Crippen LogP contribution is 2.48. The lowest BCUT2D eigenvalue weighted by atomic mass is 9.70. The van der Waals surface area contributed by atoms with Crippen LogP contribution in [0.2, 0.25) is 0 Å². The number of rotatable bonds is 4. The molecule has 1 aliphatic carbocycles. The van der Waals surface area contributed by atoms with Gasteiger partial charge in [0, 0.05) is 31.1 Å². The third-order valence-electron chi connectivity index (χ3n) is 7.80. The van der Waals surface area contributed by atoms with Crippen molar-refractivity contribution in [3.05, 3.63) is 34.9 Å². The van der Waals surface area contributed by atoms with Crippen LogP contribution < -0.4 is 10.6 Å². The lowest BCUT2D eigenvalue weighted by Gasteiger charge is -2.37. The largest absolute Gasteiger partial charge is 0.375 e. The maximum atomic E-state index is 12.8. The van der Waals surface area contributed by atoms with Gasteiger partial charge >= 0.3 is 0 Å². The van der Waals surface area contributed by atoms with Crippen LogP contribution in [0, 0.1) is 5.41 Å². The van der Waals surface area contributed by atoms with E-state index in [4.69, 9.17) is 4.74 Å². The van der Waals surface area contributed by atoms with Crippen LogP contribution in [0.5, 0.6) is 0 Å². The third-order valence-corrected chi connectivity index (χ3v) is 7.80. The summed E-state index contributed by atoms with van der Waals surface area (Å²) in [5.41, 5.74) is 3.18. The van der Waals surface area contributed by atoms with Crippen molar-refractivity contribution in [1.82, 2.24) is 15.5 Å². The van der Waals surface area contributed by atoms with E-state index in [0.717, 1.165) is 30.7 Å². The first-order valence-electron chi connectivity index (χ1n) is 11.9. The van der Waals surface area contributed by atoms with E-state index in [2.05, 4.69) is 30.5 Å². The van der Waals surface area contributed by atoms with Crippen molar-refractivity contribution in [2.24, 2.45) is 5.41 Å². The second kappa shape index (κ2) is 7.96. The summed E-state index contributed by atoms with van der Waals surface area (Å²) in [6.07, 6.45) is 6.61. The number of imide groups is 1. The molecular weight excluding hydrogens is 406 g/mol. The van der Waals surface area contributed by atoms with E-state index in [1.807, 2.05) is 12.1 Å². The zero-order valence-corrected chi connectivity index (χ0v) is 19.0. The summed E-state index contributed by atoms with van der Waals surface area (Å²) >= 11 is 0. The van der Waals surface area contributed by atoms with Gasteiger partial charge in [-0.2, -0.15) is 0 Å². The Labute approximate surface area is 189 Å². The molecule has 0 bridgehead atoms. The van der Waals surface area contributed by atoms with E-state index in [0.29, 0.717) is 30.0 Å². The minimum atomic E-state index is -0.562. The molecule has 5 rings (SSSR count). The predicted molar refractivity (Wildman–Crippen MR) is 119 cm³/mol. The fraction of sp³-hybridized carbons (Fsp3) is 0.640. The topological polar surface area (TPSA) is 87.7 Å². The molecule has 172 valence electrons. The Morgan fingerprint density at radius 1 is 1.16 bits per heavy atom. The molecule has 0 aromatic heterocycles. The van der Waals surface area contributed by atoms with Crippen molar-refractivity contribution in [2.45, 2.75) is 89.6 Å². The van der Waals surface area contributed by atoms with Gasteiger partial charge in [-0.05, 0) is 75.0 Å². The SMILES string of the molecule is CC1(C)CC2(CCC(NCc3ccc4c(c3)CN(C3CCC(=O)NC3=O)C4=O)CC2)CO1. The van der Waals surface area contributed by atoms with E-state index in [1.165, 1.54) is 25.7 Å². The van der Waals surface area contributed by atoms with Crippen molar-refractivity contribution >= 4 is 17.7 Å². The van der Waals surface area contributed by atoms with E-state index < -0.39 is 6.04 Å². The number of carbonyl (C=O) groups is 3. The summed E-state index contributed by atoms with van der Waals surface area (Å²) < 4.78 is 6.02. The molecule has 3 amide bonds. The van der Waals surface area contributed by atoms with Gasteiger partial charge in [0.2, 0.25) is 11.8 Å². The molecular formula is C25H33N3O4. The molecule has 1 aromatic carbocycles. The molecule has 1 atom stereocenters. The molecule has 1 spiro atoms. The summed E-state index contributed by atoms with van der Waals surface area (Å²) in [4.78, 5) is 38.1. The molecule has 3 fully saturated rings. The molecule has 1 unspecified atom stereocenters. The summed E-state index contributed by atoms with van der Waals surface area (Å²) in [6, 6.07) is 5.93. The molecule has 7 nitrogen and oxygen atoms in total. The highest BCUT2D eigenvalue weighted by molar-refractivity contribution is 6.05. The van der Waals surface area contributed by atoms with Crippen LogP contribution in [0.25, 0.3) is 0 Å². The highest BCUT2D eigenvalue weighted by atomic mass is 16.5. The number of amides is 3. The molecule has 2 N–H and O–H groups in total. The minimum Gasteiger partial charge on any atom is -0.375 e. The van der Waals surface area contributed by atoms with Gasteiger partial charge in [0.05, 0.1) is 12.2 Å². The Morgan fingerprint density at radius 2 is 1.94 bits per heavy atom. The first-order chi connectivity index (χ1) is 15.2. The van der Waals surface area contributed by atoms with Crippen molar-refractivity contribution in [2.75, 3.05) is 6.61 Å². The molecule has 4 aliphatic rings. The number of piperidine rings is 1. The van der Waals surface area contributed by atoms with Gasteiger partial charge in [0.1, 0.15) is 6.04 Å². The van der Waals surface area contributed by atoms with Crippen LogP contribution in [-0.4, -0.2) is 46.9 Å². The van der Waals surface area contributed by atoms with E-state index >= 15 is 0 Å². The van der Waals surface area contributed by atoms with Crippen LogP contribution in [-0.2, 0) is 27.4 Å².